The number of hydrogen-bond acceptors (Lipinski definition) is 4. The van der Waals surface area contributed by atoms with Gasteiger partial charge in [-0.1, -0.05) is 26.8 Å². The number of carbonyl (C=O) groups excluding carboxylic acids is 1. The van der Waals surface area contributed by atoms with Crippen LogP contribution in [0.2, 0.25) is 0 Å². The van der Waals surface area contributed by atoms with Crippen molar-refractivity contribution in [1.82, 2.24) is 14.7 Å². The van der Waals surface area contributed by atoms with Crippen molar-refractivity contribution in [3.63, 3.8) is 0 Å². The fourth-order valence-electron chi connectivity index (χ4n) is 2.25. The Morgan fingerprint density at radius 3 is 2.67 bits per heavy atom. The van der Waals surface area contributed by atoms with E-state index in [2.05, 4.69) is 10.3 Å². The second-order valence-electron chi connectivity index (χ2n) is 6.87. The Labute approximate surface area is 139 Å². The van der Waals surface area contributed by atoms with E-state index in [0.717, 1.165) is 0 Å². The first-order chi connectivity index (χ1) is 11.2. The van der Waals surface area contributed by atoms with Crippen molar-refractivity contribution in [2.24, 2.45) is 5.41 Å². The van der Waals surface area contributed by atoms with Crippen LogP contribution in [0, 0.1) is 5.41 Å². The van der Waals surface area contributed by atoms with Crippen LogP contribution in [-0.4, -0.2) is 32.4 Å². The SMILES string of the molecule is CC(C)(C)CCC(NC(=O)c1cnc2ccccn2c1=O)C(=O)O. The van der Waals surface area contributed by atoms with E-state index in [-0.39, 0.29) is 17.4 Å². The molecule has 1 amide bonds. The van der Waals surface area contributed by atoms with Crippen molar-refractivity contribution in [2.75, 3.05) is 0 Å². The van der Waals surface area contributed by atoms with Crippen LogP contribution in [0.5, 0.6) is 0 Å². The Bertz CT molecular complexity index is 820. The van der Waals surface area contributed by atoms with E-state index in [9.17, 15) is 19.5 Å². The van der Waals surface area contributed by atoms with Crippen molar-refractivity contribution in [3.05, 3.63) is 46.5 Å². The summed E-state index contributed by atoms with van der Waals surface area (Å²) in [6, 6.07) is 3.98. The number of carbonyl (C=O) groups is 2. The minimum absolute atomic E-state index is 0.0531. The number of aromatic nitrogens is 2. The number of carboxylic acids is 1. The predicted octanol–water partition coefficient (Wildman–Crippen LogP) is 1.70. The van der Waals surface area contributed by atoms with E-state index in [4.69, 9.17) is 0 Å². The number of amides is 1. The predicted molar refractivity (Wildman–Crippen MR) is 89.0 cm³/mol. The summed E-state index contributed by atoms with van der Waals surface area (Å²) in [6.07, 6.45) is 3.59. The Hall–Kier alpha value is -2.70. The van der Waals surface area contributed by atoms with Gasteiger partial charge in [-0.2, -0.15) is 0 Å². The van der Waals surface area contributed by atoms with E-state index < -0.39 is 23.5 Å². The molecule has 2 rings (SSSR count). The van der Waals surface area contributed by atoms with Crippen LogP contribution in [0.25, 0.3) is 5.65 Å². The molecule has 7 heteroatoms. The summed E-state index contributed by atoms with van der Waals surface area (Å²) < 4.78 is 1.25. The fourth-order valence-corrected chi connectivity index (χ4v) is 2.25. The van der Waals surface area contributed by atoms with Crippen LogP contribution >= 0.6 is 0 Å². The molecule has 0 aromatic carbocycles. The largest absolute Gasteiger partial charge is 0.480 e. The number of rotatable bonds is 5. The summed E-state index contributed by atoms with van der Waals surface area (Å²) in [5.74, 6) is -1.85. The summed E-state index contributed by atoms with van der Waals surface area (Å²) >= 11 is 0. The molecule has 0 aliphatic rings. The molecule has 1 atom stereocenters. The van der Waals surface area contributed by atoms with Gasteiger partial charge in [0, 0.05) is 12.4 Å². The summed E-state index contributed by atoms with van der Waals surface area (Å²) in [5.41, 5.74) is -0.344. The highest BCUT2D eigenvalue weighted by atomic mass is 16.4. The number of carboxylic acid groups (broad SMARTS) is 1. The molecule has 0 saturated heterocycles. The van der Waals surface area contributed by atoms with Gasteiger partial charge >= 0.3 is 5.97 Å². The van der Waals surface area contributed by atoms with Gasteiger partial charge in [-0.3, -0.25) is 14.0 Å². The number of hydrogen-bond donors (Lipinski definition) is 2. The van der Waals surface area contributed by atoms with E-state index in [1.165, 1.54) is 16.8 Å². The third-order valence-corrected chi connectivity index (χ3v) is 3.64. The standard InChI is InChI=1S/C17H21N3O4/c1-17(2,3)8-7-12(16(23)24)19-14(21)11-10-18-13-6-4-5-9-20(13)15(11)22/h4-6,9-10,12H,7-8H2,1-3H3,(H,19,21)(H,23,24). The second kappa shape index (κ2) is 6.82. The van der Waals surface area contributed by atoms with E-state index in [1.54, 1.807) is 18.2 Å². The molecule has 0 aliphatic carbocycles. The van der Waals surface area contributed by atoms with Crippen LogP contribution in [0.3, 0.4) is 0 Å². The summed E-state index contributed by atoms with van der Waals surface area (Å²) in [6.45, 7) is 5.98. The first kappa shape index (κ1) is 17.7. The lowest BCUT2D eigenvalue weighted by molar-refractivity contribution is -0.139. The van der Waals surface area contributed by atoms with Crippen LogP contribution in [0.4, 0.5) is 0 Å². The van der Waals surface area contributed by atoms with Gasteiger partial charge in [0.05, 0.1) is 0 Å². The summed E-state index contributed by atoms with van der Waals surface area (Å²) in [5, 5.41) is 11.7. The summed E-state index contributed by atoms with van der Waals surface area (Å²) in [7, 11) is 0. The molecule has 2 heterocycles. The molecule has 0 spiro atoms. The highest BCUT2D eigenvalue weighted by Crippen LogP contribution is 2.21. The smallest absolute Gasteiger partial charge is 0.326 e. The molecule has 7 nitrogen and oxygen atoms in total. The molecule has 0 bridgehead atoms. The fraction of sp³-hybridized carbons (Fsp3) is 0.412. The monoisotopic (exact) mass is 331 g/mol. The van der Waals surface area contributed by atoms with Crippen LogP contribution < -0.4 is 10.9 Å². The van der Waals surface area contributed by atoms with Gasteiger partial charge in [-0.25, -0.2) is 9.78 Å². The van der Waals surface area contributed by atoms with Gasteiger partial charge in [0.25, 0.3) is 11.5 Å². The lowest BCUT2D eigenvalue weighted by Crippen LogP contribution is -2.43. The molecule has 2 aromatic heterocycles. The molecule has 0 saturated carbocycles. The third-order valence-electron chi connectivity index (χ3n) is 3.64. The minimum atomic E-state index is -1.12. The lowest BCUT2D eigenvalue weighted by Gasteiger charge is -2.21. The molecular weight excluding hydrogens is 310 g/mol. The molecule has 24 heavy (non-hydrogen) atoms. The number of nitrogens with zero attached hydrogens (tertiary/aromatic N) is 2. The van der Waals surface area contributed by atoms with Gasteiger partial charge in [0.2, 0.25) is 0 Å². The van der Waals surface area contributed by atoms with Crippen molar-refractivity contribution in [2.45, 2.75) is 39.7 Å². The zero-order valence-corrected chi connectivity index (χ0v) is 13.9. The van der Waals surface area contributed by atoms with Crippen molar-refractivity contribution in [1.29, 1.82) is 0 Å². The molecule has 0 radical (unpaired) electrons. The maximum absolute atomic E-state index is 12.4. The summed E-state index contributed by atoms with van der Waals surface area (Å²) in [4.78, 5) is 40.1. The molecule has 2 N–H and O–H groups in total. The van der Waals surface area contributed by atoms with Crippen molar-refractivity contribution in [3.8, 4) is 0 Å². The van der Waals surface area contributed by atoms with Gasteiger partial charge in [0.1, 0.15) is 17.3 Å². The normalized spacial score (nSPS) is 12.8. The first-order valence-electron chi connectivity index (χ1n) is 7.69. The van der Waals surface area contributed by atoms with Gasteiger partial charge < -0.3 is 10.4 Å². The van der Waals surface area contributed by atoms with E-state index >= 15 is 0 Å². The zero-order valence-electron chi connectivity index (χ0n) is 13.9. The number of aliphatic carboxylic acids is 1. The highest BCUT2D eigenvalue weighted by Gasteiger charge is 2.24. The first-order valence-corrected chi connectivity index (χ1v) is 7.69. The molecule has 0 fully saturated rings. The van der Waals surface area contributed by atoms with Crippen molar-refractivity contribution < 1.29 is 14.7 Å². The number of fused-ring (bicyclic) bond motifs is 1. The molecule has 128 valence electrons. The lowest BCUT2D eigenvalue weighted by atomic mass is 9.88. The number of pyridine rings is 1. The average molecular weight is 331 g/mol. The van der Waals surface area contributed by atoms with Crippen LogP contribution in [0.15, 0.2) is 35.4 Å². The highest BCUT2D eigenvalue weighted by molar-refractivity contribution is 5.96. The zero-order chi connectivity index (χ0) is 17.9. The molecule has 2 aromatic rings. The Kier molecular flexibility index (Phi) is 5.02. The van der Waals surface area contributed by atoms with E-state index in [1.807, 2.05) is 20.8 Å². The molecular formula is C17H21N3O4. The average Bonchev–Trinajstić information content (AvgIpc) is 2.50. The number of nitrogens with one attached hydrogen (secondary N) is 1. The van der Waals surface area contributed by atoms with Gasteiger partial charge in [-0.05, 0) is 30.4 Å². The van der Waals surface area contributed by atoms with Crippen LogP contribution in [-0.2, 0) is 4.79 Å². The third kappa shape index (κ3) is 4.18. The molecule has 0 aliphatic heterocycles. The topological polar surface area (TPSA) is 101 Å². The Morgan fingerprint density at radius 1 is 1.33 bits per heavy atom. The Balaban J connectivity index is 2.23. The Morgan fingerprint density at radius 2 is 2.04 bits per heavy atom. The maximum Gasteiger partial charge on any atom is 0.326 e. The van der Waals surface area contributed by atoms with Crippen molar-refractivity contribution >= 4 is 17.5 Å². The minimum Gasteiger partial charge on any atom is -0.480 e. The van der Waals surface area contributed by atoms with Gasteiger partial charge in [-0.15, -0.1) is 0 Å². The quantitative estimate of drug-likeness (QED) is 0.868. The second-order valence-corrected chi connectivity index (χ2v) is 6.87. The maximum atomic E-state index is 12.4. The van der Waals surface area contributed by atoms with E-state index in [0.29, 0.717) is 12.1 Å². The molecule has 1 unspecified atom stereocenters. The van der Waals surface area contributed by atoms with Crippen LogP contribution in [0.1, 0.15) is 44.0 Å². The van der Waals surface area contributed by atoms with Gasteiger partial charge in [0.15, 0.2) is 0 Å².